The molecule has 18 heavy (non-hydrogen) atoms. The Morgan fingerprint density at radius 3 is 3.00 bits per heavy atom. The van der Waals surface area contributed by atoms with Gasteiger partial charge in [0.15, 0.2) is 0 Å². The normalized spacial score (nSPS) is 24.8. The van der Waals surface area contributed by atoms with E-state index in [2.05, 4.69) is 4.98 Å². The lowest BCUT2D eigenvalue weighted by Gasteiger charge is -2.30. The van der Waals surface area contributed by atoms with Crippen molar-refractivity contribution in [3.8, 4) is 0 Å². The molecule has 1 N–H and O–H groups in total. The van der Waals surface area contributed by atoms with Gasteiger partial charge in [0.2, 0.25) is 5.92 Å². The maximum absolute atomic E-state index is 13.3. The van der Waals surface area contributed by atoms with E-state index in [9.17, 15) is 13.9 Å². The van der Waals surface area contributed by atoms with E-state index in [1.807, 2.05) is 13.0 Å². The number of aliphatic hydroxyl groups excluding tert-OH is 1. The van der Waals surface area contributed by atoms with Gasteiger partial charge in [-0.3, -0.25) is 4.98 Å². The van der Waals surface area contributed by atoms with Crippen LogP contribution in [0.5, 0.6) is 0 Å². The van der Waals surface area contributed by atoms with Gasteiger partial charge in [0.25, 0.3) is 0 Å². The highest BCUT2D eigenvalue weighted by molar-refractivity contribution is 5.20. The van der Waals surface area contributed by atoms with Crippen molar-refractivity contribution in [3.05, 3.63) is 29.6 Å². The highest BCUT2D eigenvalue weighted by Gasteiger charge is 2.36. The second-order valence-electron chi connectivity index (χ2n) is 5.25. The highest BCUT2D eigenvalue weighted by atomic mass is 19.3. The first-order chi connectivity index (χ1) is 8.48. The molecule has 100 valence electrons. The molecule has 2 rings (SSSR count). The molecule has 1 aromatic heterocycles. The number of aromatic nitrogens is 1. The van der Waals surface area contributed by atoms with Crippen LogP contribution in [0.3, 0.4) is 0 Å². The third kappa shape index (κ3) is 3.25. The molecule has 0 aromatic carbocycles. The molecule has 1 heterocycles. The lowest BCUT2D eigenvalue weighted by atomic mass is 9.82. The Morgan fingerprint density at radius 2 is 2.33 bits per heavy atom. The molecule has 2 nitrogen and oxygen atoms in total. The zero-order valence-corrected chi connectivity index (χ0v) is 10.6. The third-order valence-corrected chi connectivity index (χ3v) is 3.71. The quantitative estimate of drug-likeness (QED) is 0.894. The van der Waals surface area contributed by atoms with Gasteiger partial charge in [-0.15, -0.1) is 0 Å². The Balaban J connectivity index is 1.99. The number of halogens is 2. The molecule has 2 atom stereocenters. The minimum absolute atomic E-state index is 0.00842. The third-order valence-electron chi connectivity index (χ3n) is 3.71. The maximum atomic E-state index is 13.3. The first-order valence-corrected chi connectivity index (χ1v) is 6.45. The minimum Gasteiger partial charge on any atom is -0.388 e. The second-order valence-corrected chi connectivity index (χ2v) is 5.25. The van der Waals surface area contributed by atoms with Crippen molar-refractivity contribution in [1.29, 1.82) is 0 Å². The lowest BCUT2D eigenvalue weighted by molar-refractivity contribution is -0.0591. The van der Waals surface area contributed by atoms with E-state index in [-0.39, 0.29) is 18.8 Å². The van der Waals surface area contributed by atoms with Crippen LogP contribution in [0.2, 0.25) is 0 Å². The number of pyridine rings is 1. The summed E-state index contributed by atoms with van der Waals surface area (Å²) >= 11 is 0. The number of alkyl halides is 2. The van der Waals surface area contributed by atoms with Crippen LogP contribution in [0.25, 0.3) is 0 Å². The average molecular weight is 255 g/mol. The van der Waals surface area contributed by atoms with Gasteiger partial charge in [0.1, 0.15) is 0 Å². The number of rotatable bonds is 3. The van der Waals surface area contributed by atoms with E-state index in [1.54, 1.807) is 12.3 Å². The zero-order chi connectivity index (χ0) is 13.2. The van der Waals surface area contributed by atoms with Crippen LogP contribution in [-0.2, 0) is 0 Å². The van der Waals surface area contributed by atoms with Gasteiger partial charge < -0.3 is 5.11 Å². The number of aliphatic hydroxyl groups is 1. The fourth-order valence-electron chi connectivity index (χ4n) is 2.77. The van der Waals surface area contributed by atoms with Crippen molar-refractivity contribution >= 4 is 0 Å². The predicted octanol–water partition coefficient (Wildman–Crippen LogP) is 3.64. The van der Waals surface area contributed by atoms with Gasteiger partial charge in [-0.2, -0.15) is 0 Å². The molecular weight excluding hydrogens is 236 g/mol. The highest BCUT2D eigenvalue weighted by Crippen LogP contribution is 2.40. The Hall–Kier alpha value is -1.03. The Morgan fingerprint density at radius 1 is 1.56 bits per heavy atom. The molecule has 0 aliphatic heterocycles. The van der Waals surface area contributed by atoms with Crippen molar-refractivity contribution in [1.82, 2.24) is 4.98 Å². The van der Waals surface area contributed by atoms with E-state index in [0.717, 1.165) is 17.7 Å². The summed E-state index contributed by atoms with van der Waals surface area (Å²) in [5.74, 6) is -2.64. The molecule has 1 fully saturated rings. The molecule has 2 unspecified atom stereocenters. The van der Waals surface area contributed by atoms with Gasteiger partial charge in [0, 0.05) is 30.3 Å². The molecule has 0 radical (unpaired) electrons. The van der Waals surface area contributed by atoms with Crippen molar-refractivity contribution in [2.24, 2.45) is 5.92 Å². The fraction of sp³-hybridized carbons (Fsp3) is 0.643. The van der Waals surface area contributed by atoms with Gasteiger partial charge >= 0.3 is 0 Å². The smallest absolute Gasteiger partial charge is 0.248 e. The maximum Gasteiger partial charge on any atom is 0.248 e. The van der Waals surface area contributed by atoms with Gasteiger partial charge in [-0.05, 0) is 38.2 Å². The summed E-state index contributed by atoms with van der Waals surface area (Å²) in [7, 11) is 0. The van der Waals surface area contributed by atoms with E-state index < -0.39 is 12.0 Å². The van der Waals surface area contributed by atoms with Crippen LogP contribution in [0, 0.1) is 12.8 Å². The standard InChI is InChI=1S/C14H19F2NO/c1-10-12(5-3-7-17-10)13(18)8-11-4-2-6-14(15,16)9-11/h3,5,7,11,13,18H,2,4,6,8-9H2,1H3. The van der Waals surface area contributed by atoms with E-state index in [1.165, 1.54) is 0 Å². The predicted molar refractivity (Wildman–Crippen MR) is 65.5 cm³/mol. The summed E-state index contributed by atoms with van der Waals surface area (Å²) in [6.07, 6.45) is 2.62. The van der Waals surface area contributed by atoms with Gasteiger partial charge in [-0.1, -0.05) is 6.07 Å². The number of hydrogen-bond acceptors (Lipinski definition) is 2. The monoisotopic (exact) mass is 255 g/mol. The average Bonchev–Trinajstić information content (AvgIpc) is 2.28. The summed E-state index contributed by atoms with van der Waals surface area (Å²) < 4.78 is 26.6. The summed E-state index contributed by atoms with van der Waals surface area (Å²) in [6, 6.07) is 3.58. The van der Waals surface area contributed by atoms with Crippen molar-refractivity contribution in [2.45, 2.75) is 51.1 Å². The van der Waals surface area contributed by atoms with E-state index >= 15 is 0 Å². The topological polar surface area (TPSA) is 33.1 Å². The van der Waals surface area contributed by atoms with Crippen LogP contribution in [0.15, 0.2) is 18.3 Å². The molecular formula is C14H19F2NO. The molecule has 0 saturated heterocycles. The Labute approximate surface area is 106 Å². The fourth-order valence-corrected chi connectivity index (χ4v) is 2.77. The molecule has 1 aromatic rings. The number of aryl methyl sites for hydroxylation is 1. The molecule has 0 spiro atoms. The second kappa shape index (κ2) is 5.31. The van der Waals surface area contributed by atoms with Crippen LogP contribution in [0.1, 0.15) is 49.5 Å². The Kier molecular flexibility index (Phi) is 3.95. The molecule has 4 heteroatoms. The molecule has 0 amide bonds. The lowest BCUT2D eigenvalue weighted by Crippen LogP contribution is -2.27. The van der Waals surface area contributed by atoms with Crippen LogP contribution < -0.4 is 0 Å². The minimum atomic E-state index is -2.55. The molecule has 1 aliphatic rings. The van der Waals surface area contributed by atoms with Crippen molar-refractivity contribution in [3.63, 3.8) is 0 Å². The number of hydrogen-bond donors (Lipinski definition) is 1. The van der Waals surface area contributed by atoms with E-state index in [0.29, 0.717) is 12.8 Å². The molecule has 0 bridgehead atoms. The summed E-state index contributed by atoms with van der Waals surface area (Å²) in [5.41, 5.74) is 1.53. The summed E-state index contributed by atoms with van der Waals surface area (Å²) in [4.78, 5) is 4.11. The van der Waals surface area contributed by atoms with Crippen LogP contribution >= 0.6 is 0 Å². The van der Waals surface area contributed by atoms with Crippen LogP contribution in [0.4, 0.5) is 8.78 Å². The summed E-state index contributed by atoms with van der Waals surface area (Å²) in [6.45, 7) is 1.83. The molecule has 1 saturated carbocycles. The van der Waals surface area contributed by atoms with Crippen molar-refractivity contribution < 1.29 is 13.9 Å². The first-order valence-electron chi connectivity index (χ1n) is 6.45. The van der Waals surface area contributed by atoms with Gasteiger partial charge in [0.05, 0.1) is 6.10 Å². The zero-order valence-electron chi connectivity index (χ0n) is 10.6. The van der Waals surface area contributed by atoms with Crippen molar-refractivity contribution in [2.75, 3.05) is 0 Å². The number of nitrogens with zero attached hydrogens (tertiary/aromatic N) is 1. The van der Waals surface area contributed by atoms with Crippen LogP contribution in [-0.4, -0.2) is 16.0 Å². The summed E-state index contributed by atoms with van der Waals surface area (Å²) in [5, 5.41) is 10.1. The molecule has 1 aliphatic carbocycles. The largest absolute Gasteiger partial charge is 0.388 e. The van der Waals surface area contributed by atoms with E-state index in [4.69, 9.17) is 0 Å². The van der Waals surface area contributed by atoms with Gasteiger partial charge in [-0.25, -0.2) is 8.78 Å². The first kappa shape index (κ1) is 13.4. The Bertz CT molecular complexity index is 409. The SMILES string of the molecule is Cc1ncccc1C(O)CC1CCCC(F)(F)C1.